The Bertz CT molecular complexity index is 1010. The lowest BCUT2D eigenvalue weighted by atomic mass is 9.95. The fourth-order valence-corrected chi connectivity index (χ4v) is 5.15. The Balaban J connectivity index is 1.61. The summed E-state index contributed by atoms with van der Waals surface area (Å²) < 4.78 is 4.92. The number of aryl methyl sites for hydroxylation is 1. The van der Waals surface area contributed by atoms with Crippen molar-refractivity contribution in [3.63, 3.8) is 0 Å². The Morgan fingerprint density at radius 1 is 1.10 bits per heavy atom. The number of hydrogen-bond acceptors (Lipinski definition) is 6. The van der Waals surface area contributed by atoms with Gasteiger partial charge in [0.15, 0.2) is 0 Å². The number of nitrogens with one attached hydrogen (secondary N) is 1. The molecule has 0 unspecified atom stereocenters. The second kappa shape index (κ2) is 7.44. The molecule has 1 N–H and O–H groups in total. The molecule has 2 heterocycles. The van der Waals surface area contributed by atoms with Crippen molar-refractivity contribution in [2.75, 3.05) is 12.4 Å². The van der Waals surface area contributed by atoms with E-state index in [2.05, 4.69) is 5.32 Å². The third-order valence-corrected chi connectivity index (χ3v) is 6.60. The molecule has 0 saturated carbocycles. The van der Waals surface area contributed by atoms with Gasteiger partial charge in [-0.05, 0) is 50.3 Å². The number of nitrogens with zero attached hydrogens (tertiary/aromatic N) is 1. The molecule has 2 aliphatic rings. The van der Waals surface area contributed by atoms with Crippen LogP contribution in [0.1, 0.15) is 61.3 Å². The quantitative estimate of drug-likeness (QED) is 0.616. The normalized spacial score (nSPS) is 16.3. The number of anilines is 1. The fraction of sp³-hybridized carbons (Fsp3) is 0.333. The van der Waals surface area contributed by atoms with Crippen LogP contribution in [-0.2, 0) is 22.4 Å². The van der Waals surface area contributed by atoms with E-state index >= 15 is 0 Å². The molecule has 1 aliphatic heterocycles. The van der Waals surface area contributed by atoms with Gasteiger partial charge in [-0.1, -0.05) is 12.1 Å². The van der Waals surface area contributed by atoms with E-state index in [-0.39, 0.29) is 0 Å². The molecular weight excluding hydrogens is 392 g/mol. The Morgan fingerprint density at radius 2 is 1.72 bits per heavy atom. The average molecular weight is 412 g/mol. The van der Waals surface area contributed by atoms with E-state index < -0.39 is 29.7 Å². The highest BCUT2D eigenvalue weighted by atomic mass is 32.1. The number of thiophene rings is 1. The lowest BCUT2D eigenvalue weighted by Crippen LogP contribution is -2.45. The Morgan fingerprint density at radius 3 is 2.34 bits per heavy atom. The number of carbonyl (C=O) groups excluding carboxylic acids is 4. The van der Waals surface area contributed by atoms with Gasteiger partial charge < -0.3 is 10.1 Å². The van der Waals surface area contributed by atoms with Gasteiger partial charge in [0.05, 0.1) is 23.8 Å². The molecule has 29 heavy (non-hydrogen) atoms. The van der Waals surface area contributed by atoms with Crippen molar-refractivity contribution in [2.24, 2.45) is 0 Å². The molecule has 0 radical (unpaired) electrons. The van der Waals surface area contributed by atoms with Crippen molar-refractivity contribution in [3.05, 3.63) is 51.4 Å². The first-order valence-corrected chi connectivity index (χ1v) is 10.3. The van der Waals surface area contributed by atoms with Crippen molar-refractivity contribution in [3.8, 4) is 0 Å². The summed E-state index contributed by atoms with van der Waals surface area (Å²) in [4.78, 5) is 52.6. The van der Waals surface area contributed by atoms with E-state index in [1.807, 2.05) is 0 Å². The molecule has 0 saturated heterocycles. The van der Waals surface area contributed by atoms with E-state index in [0.717, 1.165) is 41.0 Å². The van der Waals surface area contributed by atoms with Gasteiger partial charge in [0.1, 0.15) is 11.0 Å². The topological polar surface area (TPSA) is 92.8 Å². The number of benzene rings is 1. The molecule has 1 aliphatic carbocycles. The van der Waals surface area contributed by atoms with Crippen LogP contribution in [0.4, 0.5) is 5.00 Å². The zero-order chi connectivity index (χ0) is 20.7. The van der Waals surface area contributed by atoms with Gasteiger partial charge in [0.2, 0.25) is 5.91 Å². The number of carbonyl (C=O) groups is 4. The third kappa shape index (κ3) is 3.13. The van der Waals surface area contributed by atoms with Crippen LogP contribution in [0.15, 0.2) is 24.3 Å². The molecule has 3 amide bonds. The minimum atomic E-state index is -1.02. The van der Waals surface area contributed by atoms with Crippen molar-refractivity contribution >= 4 is 40.0 Å². The van der Waals surface area contributed by atoms with E-state index in [1.54, 1.807) is 24.3 Å². The monoisotopic (exact) mass is 412 g/mol. The number of amides is 3. The zero-order valence-electron chi connectivity index (χ0n) is 16.1. The van der Waals surface area contributed by atoms with Crippen LogP contribution in [-0.4, -0.2) is 41.7 Å². The van der Waals surface area contributed by atoms with Crippen LogP contribution in [0.25, 0.3) is 0 Å². The van der Waals surface area contributed by atoms with E-state index in [1.165, 1.54) is 25.4 Å². The summed E-state index contributed by atoms with van der Waals surface area (Å²) in [6.07, 6.45) is 3.63. The second-order valence-electron chi connectivity index (χ2n) is 7.10. The summed E-state index contributed by atoms with van der Waals surface area (Å²) in [5.74, 6) is -2.00. The first-order chi connectivity index (χ1) is 13.9. The van der Waals surface area contributed by atoms with Crippen molar-refractivity contribution in [1.29, 1.82) is 0 Å². The van der Waals surface area contributed by atoms with Gasteiger partial charge in [0, 0.05) is 4.88 Å². The molecule has 7 nitrogen and oxygen atoms in total. The average Bonchev–Trinajstić information content (AvgIpc) is 3.22. The van der Waals surface area contributed by atoms with Crippen molar-refractivity contribution < 1.29 is 23.9 Å². The minimum absolute atomic E-state index is 0.291. The third-order valence-electron chi connectivity index (χ3n) is 5.39. The molecule has 2 aromatic rings. The van der Waals surface area contributed by atoms with Gasteiger partial charge in [0.25, 0.3) is 11.8 Å². The van der Waals surface area contributed by atoms with Crippen LogP contribution >= 0.6 is 11.3 Å². The lowest BCUT2D eigenvalue weighted by molar-refractivity contribution is -0.119. The Kier molecular flexibility index (Phi) is 4.96. The Hall–Kier alpha value is -3.00. The first-order valence-electron chi connectivity index (χ1n) is 9.44. The number of esters is 1. The molecule has 1 atom stereocenters. The van der Waals surface area contributed by atoms with Crippen molar-refractivity contribution in [1.82, 2.24) is 4.90 Å². The van der Waals surface area contributed by atoms with Crippen LogP contribution in [0.2, 0.25) is 0 Å². The predicted octanol–water partition coefficient (Wildman–Crippen LogP) is 3.04. The SMILES string of the molecule is COC(=O)c1c(NC(=O)[C@H](C)N2C(=O)c3ccccc3C2=O)sc2c1CCCC2. The summed E-state index contributed by atoms with van der Waals surface area (Å²) in [7, 11) is 1.31. The summed E-state index contributed by atoms with van der Waals surface area (Å²) in [6, 6.07) is 5.48. The number of imide groups is 1. The van der Waals surface area contributed by atoms with Crippen molar-refractivity contribution in [2.45, 2.75) is 38.6 Å². The standard InChI is InChI=1S/C21H20N2O5S/c1-11(23-19(25)12-7-3-4-8-13(12)20(23)26)17(24)22-18-16(21(27)28-2)14-9-5-6-10-15(14)29-18/h3-4,7-8,11H,5-6,9-10H2,1-2H3,(H,22,24)/t11-/m0/s1. The van der Waals surface area contributed by atoms with Gasteiger partial charge in [-0.3, -0.25) is 19.3 Å². The first kappa shape index (κ1) is 19.3. The molecule has 0 spiro atoms. The van der Waals surface area contributed by atoms with Crippen LogP contribution < -0.4 is 5.32 Å². The number of rotatable bonds is 4. The number of ether oxygens (including phenoxy) is 1. The molecule has 0 bridgehead atoms. The fourth-order valence-electron chi connectivity index (χ4n) is 3.87. The molecule has 150 valence electrons. The molecule has 4 rings (SSSR count). The highest BCUT2D eigenvalue weighted by Crippen LogP contribution is 2.38. The second-order valence-corrected chi connectivity index (χ2v) is 8.20. The lowest BCUT2D eigenvalue weighted by Gasteiger charge is -2.21. The smallest absolute Gasteiger partial charge is 0.341 e. The molecule has 1 aromatic carbocycles. The summed E-state index contributed by atoms with van der Waals surface area (Å²) in [5.41, 5.74) is 1.89. The van der Waals surface area contributed by atoms with E-state index in [4.69, 9.17) is 4.74 Å². The summed E-state index contributed by atoms with van der Waals surface area (Å²) >= 11 is 1.36. The largest absolute Gasteiger partial charge is 0.465 e. The van der Waals surface area contributed by atoms with Gasteiger partial charge in [-0.15, -0.1) is 11.3 Å². The maximum Gasteiger partial charge on any atom is 0.341 e. The number of methoxy groups -OCH3 is 1. The molecule has 8 heteroatoms. The highest BCUT2D eigenvalue weighted by molar-refractivity contribution is 7.17. The zero-order valence-corrected chi connectivity index (χ0v) is 16.9. The molecule has 1 aromatic heterocycles. The molecule has 0 fully saturated rings. The number of fused-ring (bicyclic) bond motifs is 2. The summed E-state index contributed by atoms with van der Waals surface area (Å²) in [6.45, 7) is 1.50. The van der Waals surface area contributed by atoms with Crippen LogP contribution in [0.5, 0.6) is 0 Å². The van der Waals surface area contributed by atoms with Crippen LogP contribution in [0, 0.1) is 0 Å². The maximum absolute atomic E-state index is 12.9. The van der Waals surface area contributed by atoms with Gasteiger partial charge in [-0.25, -0.2) is 4.79 Å². The van der Waals surface area contributed by atoms with Gasteiger partial charge in [-0.2, -0.15) is 0 Å². The minimum Gasteiger partial charge on any atom is -0.465 e. The number of hydrogen-bond donors (Lipinski definition) is 1. The highest BCUT2D eigenvalue weighted by Gasteiger charge is 2.41. The maximum atomic E-state index is 12.9. The van der Waals surface area contributed by atoms with Gasteiger partial charge >= 0.3 is 5.97 Å². The van der Waals surface area contributed by atoms with Crippen LogP contribution in [0.3, 0.4) is 0 Å². The molecular formula is C21H20N2O5S. The predicted molar refractivity (Wildman–Crippen MR) is 107 cm³/mol. The summed E-state index contributed by atoms with van der Waals surface area (Å²) in [5, 5.41) is 3.17. The van der Waals surface area contributed by atoms with E-state index in [9.17, 15) is 19.2 Å². The Labute approximate surface area is 171 Å². The van der Waals surface area contributed by atoms with E-state index in [0.29, 0.717) is 21.7 Å².